The average molecular weight is 191 g/mol. The summed E-state index contributed by atoms with van der Waals surface area (Å²) < 4.78 is 0. The Hall–Kier alpha value is -0.820. The molecule has 0 aliphatic carbocycles. The standard InChI is InChI=1S/C13H21N/c1-10(9-14-4)8-13-7-5-6-11(2)12(13)3/h5-7,10,14H,8-9H2,1-4H3. The summed E-state index contributed by atoms with van der Waals surface area (Å²) in [6.07, 6.45) is 1.17. The van der Waals surface area contributed by atoms with Gasteiger partial charge in [-0.15, -0.1) is 0 Å². The lowest BCUT2D eigenvalue weighted by Gasteiger charge is -2.13. The molecule has 1 nitrogen and oxygen atoms in total. The maximum Gasteiger partial charge on any atom is -0.00230 e. The Balaban J connectivity index is 2.71. The highest BCUT2D eigenvalue weighted by atomic mass is 14.8. The van der Waals surface area contributed by atoms with E-state index in [9.17, 15) is 0 Å². The topological polar surface area (TPSA) is 12.0 Å². The third-order valence-electron chi connectivity index (χ3n) is 2.84. The molecule has 14 heavy (non-hydrogen) atoms. The molecule has 0 spiro atoms. The summed E-state index contributed by atoms with van der Waals surface area (Å²) in [4.78, 5) is 0. The van der Waals surface area contributed by atoms with Gasteiger partial charge in [0, 0.05) is 0 Å². The van der Waals surface area contributed by atoms with Crippen LogP contribution in [0.5, 0.6) is 0 Å². The van der Waals surface area contributed by atoms with Crippen LogP contribution in [0.3, 0.4) is 0 Å². The molecule has 1 N–H and O–H groups in total. The first kappa shape index (κ1) is 11.3. The van der Waals surface area contributed by atoms with Crippen LogP contribution in [0, 0.1) is 19.8 Å². The lowest BCUT2D eigenvalue weighted by atomic mass is 9.95. The van der Waals surface area contributed by atoms with Gasteiger partial charge in [-0.3, -0.25) is 0 Å². The number of hydrogen-bond acceptors (Lipinski definition) is 1. The van der Waals surface area contributed by atoms with E-state index in [1.165, 1.54) is 23.1 Å². The van der Waals surface area contributed by atoms with Gasteiger partial charge >= 0.3 is 0 Å². The zero-order valence-corrected chi connectivity index (χ0v) is 9.72. The van der Waals surface area contributed by atoms with Crippen molar-refractivity contribution in [3.8, 4) is 0 Å². The first-order valence-electron chi connectivity index (χ1n) is 5.34. The Morgan fingerprint density at radius 2 is 2.00 bits per heavy atom. The summed E-state index contributed by atoms with van der Waals surface area (Å²) in [6.45, 7) is 7.78. The van der Waals surface area contributed by atoms with Crippen molar-refractivity contribution in [3.63, 3.8) is 0 Å². The first-order chi connectivity index (χ1) is 6.65. The molecule has 1 atom stereocenters. The molecule has 1 aromatic carbocycles. The van der Waals surface area contributed by atoms with Crippen molar-refractivity contribution in [1.82, 2.24) is 5.32 Å². The van der Waals surface area contributed by atoms with Gasteiger partial charge in [-0.1, -0.05) is 25.1 Å². The number of hydrogen-bond donors (Lipinski definition) is 1. The highest BCUT2D eigenvalue weighted by Crippen LogP contribution is 2.16. The SMILES string of the molecule is CNCC(C)Cc1cccc(C)c1C. The van der Waals surface area contributed by atoms with E-state index in [1.54, 1.807) is 0 Å². The zero-order chi connectivity index (χ0) is 10.6. The predicted octanol–water partition coefficient (Wildman–Crippen LogP) is 2.70. The van der Waals surface area contributed by atoms with Crippen LogP contribution in [0.25, 0.3) is 0 Å². The van der Waals surface area contributed by atoms with Crippen LogP contribution < -0.4 is 5.32 Å². The number of aryl methyl sites for hydroxylation is 1. The van der Waals surface area contributed by atoms with E-state index < -0.39 is 0 Å². The molecule has 78 valence electrons. The summed E-state index contributed by atoms with van der Waals surface area (Å²) in [7, 11) is 2.01. The van der Waals surface area contributed by atoms with Crippen LogP contribution >= 0.6 is 0 Å². The summed E-state index contributed by atoms with van der Waals surface area (Å²) >= 11 is 0. The van der Waals surface area contributed by atoms with Crippen molar-refractivity contribution in [2.75, 3.05) is 13.6 Å². The lowest BCUT2D eigenvalue weighted by molar-refractivity contribution is 0.540. The van der Waals surface area contributed by atoms with Gasteiger partial charge in [-0.05, 0) is 56.5 Å². The predicted molar refractivity (Wildman–Crippen MR) is 62.7 cm³/mol. The number of rotatable bonds is 4. The molecule has 0 heterocycles. The largest absolute Gasteiger partial charge is 0.319 e. The van der Waals surface area contributed by atoms with E-state index in [2.05, 4.69) is 44.3 Å². The molecule has 1 rings (SSSR count). The fourth-order valence-corrected chi connectivity index (χ4v) is 1.83. The van der Waals surface area contributed by atoms with Gasteiger partial charge in [0.25, 0.3) is 0 Å². The van der Waals surface area contributed by atoms with Crippen LogP contribution in [-0.4, -0.2) is 13.6 Å². The fourth-order valence-electron chi connectivity index (χ4n) is 1.83. The minimum atomic E-state index is 0.709. The second-order valence-corrected chi connectivity index (χ2v) is 4.23. The molecule has 0 aliphatic rings. The van der Waals surface area contributed by atoms with Crippen LogP contribution in [0.4, 0.5) is 0 Å². The molecule has 0 aliphatic heterocycles. The Labute approximate surface area is 87.5 Å². The van der Waals surface area contributed by atoms with Gasteiger partial charge in [0.15, 0.2) is 0 Å². The van der Waals surface area contributed by atoms with E-state index in [-0.39, 0.29) is 0 Å². The van der Waals surface area contributed by atoms with Gasteiger partial charge in [0.2, 0.25) is 0 Å². The number of benzene rings is 1. The monoisotopic (exact) mass is 191 g/mol. The molecule has 0 fully saturated rings. The summed E-state index contributed by atoms with van der Waals surface area (Å²) in [5.74, 6) is 0.709. The average Bonchev–Trinajstić information content (AvgIpc) is 2.13. The molecule has 0 saturated carbocycles. The van der Waals surface area contributed by atoms with Crippen molar-refractivity contribution < 1.29 is 0 Å². The van der Waals surface area contributed by atoms with E-state index in [0.29, 0.717) is 5.92 Å². The van der Waals surface area contributed by atoms with Crippen molar-refractivity contribution in [1.29, 1.82) is 0 Å². The normalized spacial score (nSPS) is 12.9. The van der Waals surface area contributed by atoms with E-state index in [0.717, 1.165) is 6.54 Å². The maximum atomic E-state index is 3.22. The minimum absolute atomic E-state index is 0.709. The quantitative estimate of drug-likeness (QED) is 0.771. The lowest BCUT2D eigenvalue weighted by Crippen LogP contribution is -2.18. The Bertz CT molecular complexity index is 291. The third-order valence-corrected chi connectivity index (χ3v) is 2.84. The van der Waals surface area contributed by atoms with Crippen molar-refractivity contribution in [2.45, 2.75) is 27.2 Å². The van der Waals surface area contributed by atoms with Crippen LogP contribution in [0.2, 0.25) is 0 Å². The second-order valence-electron chi connectivity index (χ2n) is 4.23. The second kappa shape index (κ2) is 5.16. The third kappa shape index (κ3) is 2.85. The molecule has 1 heteroatoms. The molecular weight excluding hydrogens is 170 g/mol. The van der Waals surface area contributed by atoms with Crippen molar-refractivity contribution >= 4 is 0 Å². The molecule has 1 unspecified atom stereocenters. The highest BCUT2D eigenvalue weighted by Gasteiger charge is 2.05. The van der Waals surface area contributed by atoms with Gasteiger partial charge in [-0.2, -0.15) is 0 Å². The van der Waals surface area contributed by atoms with Crippen molar-refractivity contribution in [2.24, 2.45) is 5.92 Å². The van der Waals surface area contributed by atoms with E-state index in [4.69, 9.17) is 0 Å². The smallest absolute Gasteiger partial charge is 0.00230 e. The highest BCUT2D eigenvalue weighted by molar-refractivity contribution is 5.33. The minimum Gasteiger partial charge on any atom is -0.319 e. The fraction of sp³-hybridized carbons (Fsp3) is 0.538. The Kier molecular flexibility index (Phi) is 4.15. The van der Waals surface area contributed by atoms with Crippen molar-refractivity contribution in [3.05, 3.63) is 34.9 Å². The molecule has 0 aromatic heterocycles. The van der Waals surface area contributed by atoms with E-state index in [1.807, 2.05) is 7.05 Å². The molecule has 0 bridgehead atoms. The molecule has 0 radical (unpaired) electrons. The van der Waals surface area contributed by atoms with Crippen LogP contribution in [0.1, 0.15) is 23.6 Å². The summed E-state index contributed by atoms with van der Waals surface area (Å²) in [6, 6.07) is 6.58. The summed E-state index contributed by atoms with van der Waals surface area (Å²) in [5.41, 5.74) is 4.35. The first-order valence-corrected chi connectivity index (χ1v) is 5.34. The molecular formula is C13H21N. The Morgan fingerprint density at radius 1 is 1.29 bits per heavy atom. The Morgan fingerprint density at radius 3 is 2.64 bits per heavy atom. The summed E-state index contributed by atoms with van der Waals surface area (Å²) in [5, 5.41) is 3.22. The van der Waals surface area contributed by atoms with Gasteiger partial charge in [0.05, 0.1) is 0 Å². The van der Waals surface area contributed by atoms with Gasteiger partial charge in [-0.25, -0.2) is 0 Å². The maximum absolute atomic E-state index is 3.22. The molecule has 0 amide bonds. The van der Waals surface area contributed by atoms with Gasteiger partial charge in [0.1, 0.15) is 0 Å². The van der Waals surface area contributed by atoms with Crippen LogP contribution in [-0.2, 0) is 6.42 Å². The zero-order valence-electron chi connectivity index (χ0n) is 9.72. The van der Waals surface area contributed by atoms with Gasteiger partial charge < -0.3 is 5.32 Å². The number of nitrogens with one attached hydrogen (secondary N) is 1. The van der Waals surface area contributed by atoms with E-state index >= 15 is 0 Å². The molecule has 0 saturated heterocycles. The molecule has 1 aromatic rings. The van der Waals surface area contributed by atoms with Crippen LogP contribution in [0.15, 0.2) is 18.2 Å².